The number of aryl methyl sites for hydroxylation is 1. The van der Waals surface area contributed by atoms with E-state index in [4.69, 9.17) is 4.74 Å². The van der Waals surface area contributed by atoms with Gasteiger partial charge in [-0.1, -0.05) is 30.4 Å². The average Bonchev–Trinajstić information content (AvgIpc) is 3.50. The summed E-state index contributed by atoms with van der Waals surface area (Å²) >= 11 is 0. The molecule has 3 aromatic rings. The maximum atomic E-state index is 13.2. The molecule has 1 aromatic heterocycles. The number of carbonyl (C=O) groups is 3. The second kappa shape index (κ2) is 6.85. The van der Waals surface area contributed by atoms with Gasteiger partial charge in [0, 0.05) is 0 Å². The van der Waals surface area contributed by atoms with Crippen LogP contribution < -0.4 is 4.74 Å². The molecule has 3 fully saturated rings. The molecule has 34 heavy (non-hydrogen) atoms. The van der Waals surface area contributed by atoms with Gasteiger partial charge in [0.25, 0.3) is 0 Å². The van der Waals surface area contributed by atoms with E-state index in [9.17, 15) is 14.4 Å². The zero-order valence-electron chi connectivity index (χ0n) is 18.5. The molecular weight excluding hydrogens is 432 g/mol. The summed E-state index contributed by atoms with van der Waals surface area (Å²) in [6.45, 7) is 1.54. The van der Waals surface area contributed by atoms with Crippen molar-refractivity contribution >= 4 is 28.8 Å². The highest BCUT2D eigenvalue weighted by molar-refractivity contribution is 6.08. The van der Waals surface area contributed by atoms with E-state index >= 15 is 0 Å². The van der Waals surface area contributed by atoms with Gasteiger partial charge in [-0.25, -0.2) is 4.79 Å². The van der Waals surface area contributed by atoms with E-state index in [1.54, 1.807) is 6.07 Å². The quantitative estimate of drug-likeness (QED) is 0.260. The maximum Gasteiger partial charge on any atom is 0.331 e. The molecule has 1 aliphatic heterocycles. The van der Waals surface area contributed by atoms with Crippen LogP contribution in [0.15, 0.2) is 54.6 Å². The molecule has 1 saturated heterocycles. The first kappa shape index (κ1) is 19.6. The predicted octanol–water partition coefficient (Wildman–Crippen LogP) is 2.69. The lowest BCUT2D eigenvalue weighted by Crippen LogP contribution is -2.40. The molecule has 2 aromatic carbocycles. The summed E-state index contributed by atoms with van der Waals surface area (Å²) in [5.74, 6) is -0.212. The summed E-state index contributed by atoms with van der Waals surface area (Å²) in [4.78, 5) is 41.8. The SMILES string of the molecule is Cc1ccc(OC(=O)CN2C(=O)[C@@H]3[C@H]4C=C[C@@H]([C@@H]5C[C@H]45)[C@H]3C2=O)c(-n2nc3ccccc3n2)c1. The standard InChI is InChI=1S/C26H22N4O4/c1-13-6-9-21(20(10-13)30-27-18-4-2-3-5-19(18)28-30)34-22(31)12-29-25(32)23-14-7-8-15(17-11-16(14)17)24(23)26(29)33/h2-10,14-17,23-24H,11-12H2,1H3/t14-,15-,16-,17+,23+,24+/m0/s1. The summed E-state index contributed by atoms with van der Waals surface area (Å²) in [5.41, 5.74) is 2.91. The highest BCUT2D eigenvalue weighted by Crippen LogP contribution is 2.65. The molecule has 0 radical (unpaired) electrons. The number of fused-ring (bicyclic) bond motifs is 1. The monoisotopic (exact) mass is 454 g/mol. The van der Waals surface area contributed by atoms with Crippen molar-refractivity contribution in [1.82, 2.24) is 19.9 Å². The first-order chi connectivity index (χ1) is 16.5. The first-order valence-electron chi connectivity index (χ1n) is 11.7. The summed E-state index contributed by atoms with van der Waals surface area (Å²) in [5, 5.41) is 8.98. The molecule has 0 spiro atoms. The second-order valence-corrected chi connectivity index (χ2v) is 9.84. The number of aromatic nitrogens is 3. The molecule has 6 atom stereocenters. The van der Waals surface area contributed by atoms with Gasteiger partial charge in [0.2, 0.25) is 11.8 Å². The Labute approximate surface area is 195 Å². The smallest absolute Gasteiger partial charge is 0.331 e. The molecule has 8 rings (SSSR count). The largest absolute Gasteiger partial charge is 0.423 e. The third kappa shape index (κ3) is 2.74. The van der Waals surface area contributed by atoms with Crippen LogP contribution in [0.1, 0.15) is 12.0 Å². The van der Waals surface area contributed by atoms with Crippen LogP contribution in [-0.2, 0) is 14.4 Å². The summed E-state index contributed by atoms with van der Waals surface area (Å²) in [7, 11) is 0. The van der Waals surface area contributed by atoms with Crippen molar-refractivity contribution in [3.8, 4) is 11.4 Å². The Morgan fingerprint density at radius 3 is 2.21 bits per heavy atom. The van der Waals surface area contributed by atoms with Crippen molar-refractivity contribution in [1.29, 1.82) is 0 Å². The molecule has 8 heteroatoms. The molecule has 2 saturated carbocycles. The Morgan fingerprint density at radius 1 is 0.971 bits per heavy atom. The lowest BCUT2D eigenvalue weighted by Gasteiger charge is -2.37. The number of ether oxygens (including phenoxy) is 1. The third-order valence-corrected chi connectivity index (χ3v) is 7.88. The first-order valence-corrected chi connectivity index (χ1v) is 11.7. The zero-order chi connectivity index (χ0) is 23.1. The minimum atomic E-state index is -0.660. The van der Waals surface area contributed by atoms with Crippen molar-refractivity contribution in [2.45, 2.75) is 13.3 Å². The number of imide groups is 1. The molecule has 8 nitrogen and oxygen atoms in total. The number of carbonyl (C=O) groups excluding carboxylic acids is 3. The number of allylic oxidation sites excluding steroid dienone is 2. The average molecular weight is 454 g/mol. The lowest BCUT2D eigenvalue weighted by molar-refractivity contribution is -0.148. The van der Waals surface area contributed by atoms with E-state index in [-0.39, 0.29) is 47.8 Å². The number of amides is 2. The molecule has 2 bridgehead atoms. The van der Waals surface area contributed by atoms with Gasteiger partial charge in [0.1, 0.15) is 23.3 Å². The number of benzene rings is 2. The molecule has 0 unspecified atom stereocenters. The number of nitrogens with zero attached hydrogens (tertiary/aromatic N) is 4. The molecule has 2 amide bonds. The van der Waals surface area contributed by atoms with Crippen molar-refractivity contribution in [2.24, 2.45) is 35.5 Å². The Hall–Kier alpha value is -3.81. The number of hydrogen-bond acceptors (Lipinski definition) is 6. The van der Waals surface area contributed by atoms with E-state index in [0.29, 0.717) is 17.5 Å². The number of esters is 1. The minimum Gasteiger partial charge on any atom is -0.423 e. The minimum absolute atomic E-state index is 0.126. The molecule has 0 N–H and O–H groups in total. The molecule has 4 aliphatic carbocycles. The number of hydrogen-bond donors (Lipinski definition) is 0. The molecule has 170 valence electrons. The predicted molar refractivity (Wildman–Crippen MR) is 121 cm³/mol. The van der Waals surface area contributed by atoms with Gasteiger partial charge in [-0.3, -0.25) is 14.5 Å². The van der Waals surface area contributed by atoms with E-state index in [2.05, 4.69) is 22.3 Å². The second-order valence-electron chi connectivity index (χ2n) is 9.84. The van der Waals surface area contributed by atoms with Gasteiger partial charge in [0.15, 0.2) is 5.75 Å². The van der Waals surface area contributed by atoms with Crippen LogP contribution >= 0.6 is 0 Å². The fourth-order valence-corrected chi connectivity index (χ4v) is 6.30. The summed E-state index contributed by atoms with van der Waals surface area (Å²) < 4.78 is 5.66. The number of rotatable bonds is 4. The molecular formula is C26H22N4O4. The topological polar surface area (TPSA) is 94.4 Å². The van der Waals surface area contributed by atoms with Gasteiger partial charge in [-0.15, -0.1) is 15.0 Å². The van der Waals surface area contributed by atoms with Crippen molar-refractivity contribution in [2.75, 3.05) is 6.54 Å². The fraction of sp³-hybridized carbons (Fsp3) is 0.346. The van der Waals surface area contributed by atoms with E-state index in [1.165, 1.54) is 4.80 Å². The van der Waals surface area contributed by atoms with Crippen molar-refractivity contribution in [3.63, 3.8) is 0 Å². The van der Waals surface area contributed by atoms with E-state index < -0.39 is 5.97 Å². The zero-order valence-corrected chi connectivity index (χ0v) is 18.5. The van der Waals surface area contributed by atoms with Crippen LogP contribution in [-0.4, -0.2) is 44.2 Å². The van der Waals surface area contributed by atoms with Crippen LogP contribution in [0.5, 0.6) is 5.75 Å². The van der Waals surface area contributed by atoms with Gasteiger partial charge in [-0.05, 0) is 66.8 Å². The lowest BCUT2D eigenvalue weighted by atomic mass is 9.63. The van der Waals surface area contributed by atoms with E-state index in [0.717, 1.165) is 27.9 Å². The Balaban J connectivity index is 1.14. The van der Waals surface area contributed by atoms with Crippen LogP contribution in [0.25, 0.3) is 16.7 Å². The highest BCUT2D eigenvalue weighted by Gasteiger charge is 2.67. The molecule has 5 aliphatic rings. The fourth-order valence-electron chi connectivity index (χ4n) is 6.30. The van der Waals surface area contributed by atoms with Crippen molar-refractivity contribution < 1.29 is 19.1 Å². The Morgan fingerprint density at radius 2 is 1.59 bits per heavy atom. The number of likely N-dealkylation sites (tertiary alicyclic amines) is 1. The Bertz CT molecular complexity index is 1360. The van der Waals surface area contributed by atoms with Crippen LogP contribution in [0.4, 0.5) is 0 Å². The van der Waals surface area contributed by atoms with Crippen LogP contribution in [0.2, 0.25) is 0 Å². The normalized spacial score (nSPS) is 30.6. The third-order valence-electron chi connectivity index (χ3n) is 7.88. The van der Waals surface area contributed by atoms with Gasteiger partial charge < -0.3 is 4.74 Å². The highest BCUT2D eigenvalue weighted by atomic mass is 16.5. The molecule has 2 heterocycles. The van der Waals surface area contributed by atoms with Gasteiger partial charge >= 0.3 is 5.97 Å². The Kier molecular flexibility index (Phi) is 3.96. The van der Waals surface area contributed by atoms with E-state index in [1.807, 2.05) is 43.3 Å². The maximum absolute atomic E-state index is 13.2. The van der Waals surface area contributed by atoms with Crippen LogP contribution in [0.3, 0.4) is 0 Å². The van der Waals surface area contributed by atoms with Crippen LogP contribution in [0, 0.1) is 42.4 Å². The van der Waals surface area contributed by atoms with Gasteiger partial charge in [0.05, 0.1) is 11.8 Å². The summed E-state index contributed by atoms with van der Waals surface area (Å²) in [6, 6.07) is 12.8. The van der Waals surface area contributed by atoms with Gasteiger partial charge in [-0.2, -0.15) is 0 Å². The summed E-state index contributed by atoms with van der Waals surface area (Å²) in [6.07, 6.45) is 5.34. The van der Waals surface area contributed by atoms with Crippen molar-refractivity contribution in [3.05, 3.63) is 60.2 Å².